The van der Waals surface area contributed by atoms with Crippen LogP contribution in [-0.2, 0) is 16.1 Å². The molecule has 7 nitrogen and oxygen atoms in total. The van der Waals surface area contributed by atoms with Crippen molar-refractivity contribution in [1.29, 1.82) is 0 Å². The molecule has 0 aliphatic carbocycles. The van der Waals surface area contributed by atoms with Gasteiger partial charge in [-0.25, -0.2) is 4.79 Å². The first-order chi connectivity index (χ1) is 17.7. The van der Waals surface area contributed by atoms with Crippen LogP contribution < -0.4 is 5.32 Å². The second kappa shape index (κ2) is 11.7. The number of hydrogen-bond donors (Lipinski definition) is 1. The lowest BCUT2D eigenvalue weighted by atomic mass is 9.97. The molecule has 2 aromatic carbocycles. The molecule has 192 valence electrons. The first-order valence-electron chi connectivity index (χ1n) is 11.3. The highest BCUT2D eigenvalue weighted by molar-refractivity contribution is 7.99. The lowest BCUT2D eigenvalue weighted by Crippen LogP contribution is -2.16. The van der Waals surface area contributed by atoms with E-state index in [1.165, 1.54) is 30.2 Å². The van der Waals surface area contributed by atoms with E-state index in [1.54, 1.807) is 12.1 Å². The van der Waals surface area contributed by atoms with Crippen LogP contribution >= 0.6 is 46.3 Å². The molecule has 4 rings (SSSR count). The molecule has 0 radical (unpaired) electrons. The van der Waals surface area contributed by atoms with E-state index in [1.807, 2.05) is 55.0 Å². The predicted octanol–water partition coefficient (Wildman–Crippen LogP) is 7.13. The minimum Gasteiger partial charge on any atom is -0.465 e. The fourth-order valence-corrected chi connectivity index (χ4v) is 5.87. The van der Waals surface area contributed by atoms with E-state index in [0.717, 1.165) is 27.8 Å². The highest BCUT2D eigenvalue weighted by atomic mass is 35.5. The summed E-state index contributed by atoms with van der Waals surface area (Å²) in [5.74, 6) is -0.0617. The van der Waals surface area contributed by atoms with Gasteiger partial charge in [0.05, 0.1) is 22.9 Å². The first-order valence-corrected chi connectivity index (χ1v) is 13.9. The molecule has 4 aromatic rings. The number of benzene rings is 2. The van der Waals surface area contributed by atoms with Crippen molar-refractivity contribution in [2.24, 2.45) is 0 Å². The van der Waals surface area contributed by atoms with Gasteiger partial charge >= 0.3 is 5.97 Å². The van der Waals surface area contributed by atoms with Gasteiger partial charge in [-0.1, -0.05) is 58.7 Å². The first kappa shape index (κ1) is 27.2. The second-order valence-electron chi connectivity index (χ2n) is 8.18. The SMILES string of the molecule is CCn1c(SCC(=O)Nc2scc(-c3cc(C)ccc3C)c2C(=O)OC)nnc1-c1ccc(Cl)c(Cl)c1. The van der Waals surface area contributed by atoms with Crippen LogP contribution in [0.3, 0.4) is 0 Å². The Hall–Kier alpha value is -2.85. The Morgan fingerprint density at radius 1 is 1.08 bits per heavy atom. The summed E-state index contributed by atoms with van der Waals surface area (Å²) in [5.41, 5.74) is 4.89. The van der Waals surface area contributed by atoms with Crippen LogP contribution in [-0.4, -0.2) is 39.5 Å². The number of nitrogens with one attached hydrogen (secondary N) is 1. The number of ether oxygens (including phenoxy) is 1. The largest absolute Gasteiger partial charge is 0.465 e. The van der Waals surface area contributed by atoms with Gasteiger partial charge in [0.25, 0.3) is 0 Å². The van der Waals surface area contributed by atoms with E-state index in [-0.39, 0.29) is 11.7 Å². The molecule has 0 spiro atoms. The molecule has 0 aliphatic heterocycles. The van der Waals surface area contributed by atoms with Gasteiger partial charge in [0.2, 0.25) is 5.91 Å². The average Bonchev–Trinajstić information content (AvgIpc) is 3.49. The number of aryl methyl sites for hydroxylation is 2. The van der Waals surface area contributed by atoms with Gasteiger partial charge < -0.3 is 14.6 Å². The van der Waals surface area contributed by atoms with E-state index >= 15 is 0 Å². The van der Waals surface area contributed by atoms with E-state index in [0.29, 0.717) is 38.1 Å². The number of aromatic nitrogens is 3. The van der Waals surface area contributed by atoms with Crippen molar-refractivity contribution in [2.75, 3.05) is 18.2 Å². The van der Waals surface area contributed by atoms with Gasteiger partial charge in [-0.3, -0.25) is 4.79 Å². The molecule has 1 N–H and O–H groups in total. The second-order valence-corrected chi connectivity index (χ2v) is 10.8. The fraction of sp³-hybridized carbons (Fsp3) is 0.231. The molecule has 0 unspecified atom stereocenters. The van der Waals surface area contributed by atoms with Crippen molar-refractivity contribution in [3.8, 4) is 22.5 Å². The Balaban J connectivity index is 1.53. The highest BCUT2D eigenvalue weighted by Gasteiger charge is 2.24. The molecule has 0 aliphatic rings. The number of halogens is 2. The zero-order chi connectivity index (χ0) is 26.7. The zero-order valence-corrected chi connectivity index (χ0v) is 23.7. The maximum Gasteiger partial charge on any atom is 0.341 e. The molecular weight excluding hydrogens is 551 g/mol. The van der Waals surface area contributed by atoms with Crippen molar-refractivity contribution in [1.82, 2.24) is 14.8 Å². The number of anilines is 1. The summed E-state index contributed by atoms with van der Waals surface area (Å²) < 4.78 is 6.95. The van der Waals surface area contributed by atoms with Crippen LogP contribution in [0.25, 0.3) is 22.5 Å². The highest BCUT2D eigenvalue weighted by Crippen LogP contribution is 2.38. The van der Waals surface area contributed by atoms with Gasteiger partial charge in [0.1, 0.15) is 10.6 Å². The summed E-state index contributed by atoms with van der Waals surface area (Å²) in [6.07, 6.45) is 0. The standard InChI is InChI=1S/C26H24Cl2N4O3S2/c1-5-32-23(16-8-9-19(27)20(28)11-16)30-31-26(32)37-13-21(33)29-24-22(25(34)35-4)18(12-36-24)17-10-14(2)6-7-15(17)3/h6-12H,5,13H2,1-4H3,(H,29,33). The molecule has 2 heterocycles. The van der Waals surface area contributed by atoms with E-state index < -0.39 is 5.97 Å². The number of nitrogens with zero attached hydrogens (tertiary/aromatic N) is 3. The molecule has 0 bridgehead atoms. The smallest absolute Gasteiger partial charge is 0.341 e. The van der Waals surface area contributed by atoms with Crippen LogP contribution in [0.1, 0.15) is 28.4 Å². The molecular formula is C26H24Cl2N4O3S2. The predicted molar refractivity (Wildman–Crippen MR) is 151 cm³/mol. The maximum atomic E-state index is 12.9. The van der Waals surface area contributed by atoms with Crippen LogP contribution in [0, 0.1) is 13.8 Å². The summed E-state index contributed by atoms with van der Waals surface area (Å²) in [7, 11) is 1.33. The molecule has 0 atom stereocenters. The fourth-order valence-electron chi connectivity index (χ4n) is 3.80. The zero-order valence-electron chi connectivity index (χ0n) is 20.6. The van der Waals surface area contributed by atoms with Crippen LogP contribution in [0.15, 0.2) is 46.9 Å². The molecule has 0 saturated heterocycles. The number of thioether (sulfide) groups is 1. The lowest BCUT2D eigenvalue weighted by Gasteiger charge is -2.10. The Kier molecular flexibility index (Phi) is 8.59. The number of carbonyl (C=O) groups is 2. The van der Waals surface area contributed by atoms with Crippen LogP contribution in [0.4, 0.5) is 5.00 Å². The van der Waals surface area contributed by atoms with Crippen molar-refractivity contribution >= 4 is 63.2 Å². The third kappa shape index (κ3) is 5.85. The monoisotopic (exact) mass is 574 g/mol. The van der Waals surface area contributed by atoms with E-state index in [2.05, 4.69) is 15.5 Å². The van der Waals surface area contributed by atoms with Crippen molar-refractivity contribution in [3.05, 3.63) is 68.5 Å². The van der Waals surface area contributed by atoms with Crippen molar-refractivity contribution in [3.63, 3.8) is 0 Å². The van der Waals surface area contributed by atoms with Crippen molar-refractivity contribution in [2.45, 2.75) is 32.5 Å². The third-order valence-corrected chi connectivity index (χ3v) is 8.26. The number of esters is 1. The van der Waals surface area contributed by atoms with Crippen LogP contribution in [0.2, 0.25) is 10.0 Å². The topological polar surface area (TPSA) is 86.1 Å². The Bertz CT molecular complexity index is 1480. The van der Waals surface area contributed by atoms with E-state index in [4.69, 9.17) is 27.9 Å². The minimum atomic E-state index is -0.503. The molecule has 11 heteroatoms. The molecule has 0 saturated carbocycles. The molecule has 2 aromatic heterocycles. The van der Waals surface area contributed by atoms with Gasteiger partial charge in [-0.05, 0) is 50.1 Å². The van der Waals surface area contributed by atoms with Gasteiger partial charge in [-0.2, -0.15) is 0 Å². The number of methoxy groups -OCH3 is 1. The number of thiophene rings is 1. The maximum absolute atomic E-state index is 12.9. The van der Waals surface area contributed by atoms with Crippen LogP contribution in [0.5, 0.6) is 0 Å². The number of amides is 1. The average molecular weight is 576 g/mol. The summed E-state index contributed by atoms with van der Waals surface area (Å²) in [6, 6.07) is 11.3. The Labute approximate surface area is 233 Å². The third-order valence-electron chi connectivity index (χ3n) is 5.66. The summed E-state index contributed by atoms with van der Waals surface area (Å²) in [4.78, 5) is 25.6. The van der Waals surface area contributed by atoms with Crippen molar-refractivity contribution < 1.29 is 14.3 Å². The quantitative estimate of drug-likeness (QED) is 0.178. The van der Waals surface area contributed by atoms with E-state index in [9.17, 15) is 9.59 Å². The number of carbonyl (C=O) groups excluding carboxylic acids is 2. The number of hydrogen-bond acceptors (Lipinski definition) is 7. The summed E-state index contributed by atoms with van der Waals surface area (Å²) >= 11 is 14.8. The molecule has 37 heavy (non-hydrogen) atoms. The number of rotatable bonds is 8. The summed E-state index contributed by atoms with van der Waals surface area (Å²) in [5, 5.41) is 15.2. The lowest BCUT2D eigenvalue weighted by molar-refractivity contribution is -0.113. The Morgan fingerprint density at radius 3 is 2.57 bits per heavy atom. The summed E-state index contributed by atoms with van der Waals surface area (Å²) in [6.45, 7) is 6.55. The normalized spacial score (nSPS) is 11.0. The molecule has 1 amide bonds. The van der Waals surface area contributed by atoms with Gasteiger partial charge in [-0.15, -0.1) is 21.5 Å². The minimum absolute atomic E-state index is 0.0802. The Morgan fingerprint density at radius 2 is 1.86 bits per heavy atom. The van der Waals surface area contributed by atoms with Gasteiger partial charge in [0, 0.05) is 23.1 Å². The molecule has 0 fully saturated rings. The van der Waals surface area contributed by atoms with Gasteiger partial charge in [0.15, 0.2) is 11.0 Å².